The van der Waals surface area contributed by atoms with Crippen molar-refractivity contribution in [2.24, 2.45) is 11.8 Å². The molecule has 1 saturated carbocycles. The zero-order valence-electron chi connectivity index (χ0n) is 16.4. The first-order chi connectivity index (χ1) is 12.7. The van der Waals surface area contributed by atoms with Gasteiger partial charge in [-0.2, -0.15) is 0 Å². The molecule has 146 valence electrons. The Balaban J connectivity index is 1.34. The number of urea groups is 1. The van der Waals surface area contributed by atoms with Gasteiger partial charge in [-0.25, -0.2) is 4.79 Å². The predicted molar refractivity (Wildman–Crippen MR) is 102 cm³/mol. The highest BCUT2D eigenvalue weighted by Crippen LogP contribution is 2.30. The Kier molecular flexibility index (Phi) is 6.88. The molecular formula is C19H34N6O. The van der Waals surface area contributed by atoms with E-state index in [1.54, 1.807) is 6.33 Å². The summed E-state index contributed by atoms with van der Waals surface area (Å²) in [5, 5.41) is 11.0. The van der Waals surface area contributed by atoms with Gasteiger partial charge in [0.05, 0.1) is 6.54 Å². The standard InChI is InChI=1S/C19H34N6O/c1-3-23(14-17-5-6-17)10-7-16-8-11-25(12-9-16)19(26)20-13-18-22-21-15-24(18)4-2/h15-17H,3-14H2,1-2H3,(H,20,26). The maximum atomic E-state index is 12.4. The molecule has 0 bridgehead atoms. The summed E-state index contributed by atoms with van der Waals surface area (Å²) in [5.41, 5.74) is 0. The van der Waals surface area contributed by atoms with Crippen LogP contribution < -0.4 is 5.32 Å². The number of amides is 2. The van der Waals surface area contributed by atoms with Crippen molar-refractivity contribution in [3.63, 3.8) is 0 Å². The number of nitrogens with one attached hydrogen (secondary N) is 1. The lowest BCUT2D eigenvalue weighted by molar-refractivity contribution is 0.159. The minimum absolute atomic E-state index is 0.0259. The van der Waals surface area contributed by atoms with Gasteiger partial charge in [0.2, 0.25) is 0 Å². The van der Waals surface area contributed by atoms with E-state index in [4.69, 9.17) is 0 Å². The van der Waals surface area contributed by atoms with Crippen molar-refractivity contribution in [1.29, 1.82) is 0 Å². The van der Waals surface area contributed by atoms with E-state index in [-0.39, 0.29) is 6.03 Å². The van der Waals surface area contributed by atoms with E-state index < -0.39 is 0 Å². The Morgan fingerprint density at radius 2 is 2.00 bits per heavy atom. The summed E-state index contributed by atoms with van der Waals surface area (Å²) in [6, 6.07) is 0.0259. The maximum Gasteiger partial charge on any atom is 0.317 e. The molecule has 0 aromatic carbocycles. The summed E-state index contributed by atoms with van der Waals surface area (Å²) in [6.07, 6.45) is 8.08. The Morgan fingerprint density at radius 1 is 1.23 bits per heavy atom. The average Bonchev–Trinajstić information content (AvgIpc) is 3.38. The second-order valence-corrected chi connectivity index (χ2v) is 7.75. The van der Waals surface area contributed by atoms with Gasteiger partial charge in [-0.3, -0.25) is 0 Å². The minimum Gasteiger partial charge on any atom is -0.331 e. The van der Waals surface area contributed by atoms with Crippen molar-refractivity contribution >= 4 is 6.03 Å². The molecule has 26 heavy (non-hydrogen) atoms. The molecule has 0 spiro atoms. The van der Waals surface area contributed by atoms with Crippen molar-refractivity contribution in [3.05, 3.63) is 12.2 Å². The van der Waals surface area contributed by atoms with Gasteiger partial charge in [0.1, 0.15) is 6.33 Å². The molecule has 1 saturated heterocycles. The number of hydrogen-bond acceptors (Lipinski definition) is 4. The summed E-state index contributed by atoms with van der Waals surface area (Å²) in [7, 11) is 0. The van der Waals surface area contributed by atoms with Gasteiger partial charge < -0.3 is 19.7 Å². The van der Waals surface area contributed by atoms with Gasteiger partial charge in [0.25, 0.3) is 0 Å². The van der Waals surface area contributed by atoms with Gasteiger partial charge >= 0.3 is 6.03 Å². The number of piperidine rings is 1. The molecule has 0 radical (unpaired) electrons. The number of rotatable bonds is 9. The summed E-state index contributed by atoms with van der Waals surface area (Å²) < 4.78 is 1.95. The molecule has 3 rings (SSSR count). The first kappa shape index (κ1) is 19.1. The average molecular weight is 363 g/mol. The number of hydrogen-bond donors (Lipinski definition) is 1. The van der Waals surface area contributed by atoms with E-state index >= 15 is 0 Å². The predicted octanol–water partition coefficient (Wildman–Crippen LogP) is 2.34. The molecule has 1 aliphatic heterocycles. The van der Waals surface area contributed by atoms with Crippen LogP contribution in [0, 0.1) is 11.8 Å². The van der Waals surface area contributed by atoms with Crippen molar-refractivity contribution in [2.45, 2.75) is 59.0 Å². The molecule has 1 aliphatic carbocycles. The summed E-state index contributed by atoms with van der Waals surface area (Å²) in [6.45, 7) is 11.0. The van der Waals surface area contributed by atoms with Crippen molar-refractivity contribution in [1.82, 2.24) is 29.9 Å². The van der Waals surface area contributed by atoms with Gasteiger partial charge in [0.15, 0.2) is 5.82 Å². The van der Waals surface area contributed by atoms with Crippen LogP contribution in [-0.2, 0) is 13.1 Å². The quantitative estimate of drug-likeness (QED) is 0.732. The van der Waals surface area contributed by atoms with E-state index in [0.29, 0.717) is 6.54 Å². The van der Waals surface area contributed by atoms with Crippen LogP contribution in [0.15, 0.2) is 6.33 Å². The molecule has 2 heterocycles. The zero-order chi connectivity index (χ0) is 18.4. The maximum absolute atomic E-state index is 12.4. The molecule has 2 fully saturated rings. The van der Waals surface area contributed by atoms with Crippen LogP contribution in [0.5, 0.6) is 0 Å². The van der Waals surface area contributed by atoms with Crippen molar-refractivity contribution in [3.8, 4) is 0 Å². The largest absolute Gasteiger partial charge is 0.331 e. The van der Waals surface area contributed by atoms with Crippen LogP contribution in [0.4, 0.5) is 4.79 Å². The van der Waals surface area contributed by atoms with Gasteiger partial charge in [-0.1, -0.05) is 6.92 Å². The number of aromatic nitrogens is 3. The molecule has 7 heteroatoms. The third kappa shape index (κ3) is 5.43. The third-order valence-corrected chi connectivity index (χ3v) is 5.85. The van der Waals surface area contributed by atoms with Crippen molar-refractivity contribution in [2.75, 3.05) is 32.7 Å². The fourth-order valence-electron chi connectivity index (χ4n) is 3.78. The van der Waals surface area contributed by atoms with Crippen LogP contribution in [-0.4, -0.2) is 63.3 Å². The minimum atomic E-state index is 0.0259. The molecule has 1 aromatic rings. The highest BCUT2D eigenvalue weighted by molar-refractivity contribution is 5.74. The number of carbonyl (C=O) groups excluding carboxylic acids is 1. The smallest absolute Gasteiger partial charge is 0.317 e. The van der Waals surface area contributed by atoms with E-state index in [9.17, 15) is 4.79 Å². The summed E-state index contributed by atoms with van der Waals surface area (Å²) in [4.78, 5) is 17.0. The normalized spacial score (nSPS) is 18.5. The van der Waals surface area contributed by atoms with Crippen LogP contribution in [0.25, 0.3) is 0 Å². The molecule has 2 amide bonds. The lowest BCUT2D eigenvalue weighted by atomic mass is 9.93. The topological polar surface area (TPSA) is 66.3 Å². The van der Waals surface area contributed by atoms with Crippen molar-refractivity contribution < 1.29 is 4.79 Å². The number of likely N-dealkylation sites (tertiary alicyclic amines) is 1. The molecular weight excluding hydrogens is 328 g/mol. The second kappa shape index (κ2) is 9.35. The van der Waals surface area contributed by atoms with E-state index in [1.165, 1.54) is 38.9 Å². The monoisotopic (exact) mass is 362 g/mol. The molecule has 1 aromatic heterocycles. The number of aryl methyl sites for hydroxylation is 1. The Hall–Kier alpha value is -1.63. The molecule has 0 atom stereocenters. The van der Waals surface area contributed by atoms with Crippen LogP contribution in [0.3, 0.4) is 0 Å². The van der Waals surface area contributed by atoms with Gasteiger partial charge in [-0.15, -0.1) is 10.2 Å². The summed E-state index contributed by atoms with van der Waals surface area (Å²) >= 11 is 0. The lowest BCUT2D eigenvalue weighted by Crippen LogP contribution is -2.44. The lowest BCUT2D eigenvalue weighted by Gasteiger charge is -2.33. The Labute approximate surface area is 157 Å². The van der Waals surface area contributed by atoms with Crippen LogP contribution >= 0.6 is 0 Å². The van der Waals surface area contributed by atoms with Gasteiger partial charge in [0, 0.05) is 26.2 Å². The SMILES string of the molecule is CCN(CCC1CCN(C(=O)NCc2nncn2CC)CC1)CC1CC1. The molecule has 2 aliphatic rings. The van der Waals surface area contributed by atoms with E-state index in [1.807, 2.05) is 16.4 Å². The fraction of sp³-hybridized carbons (Fsp3) is 0.842. The third-order valence-electron chi connectivity index (χ3n) is 5.85. The molecule has 7 nitrogen and oxygen atoms in total. The Bertz CT molecular complexity index is 562. The first-order valence-corrected chi connectivity index (χ1v) is 10.3. The number of carbonyl (C=O) groups is 1. The zero-order valence-corrected chi connectivity index (χ0v) is 16.4. The number of nitrogens with zero attached hydrogens (tertiary/aromatic N) is 5. The van der Waals surface area contributed by atoms with Gasteiger partial charge in [-0.05, 0) is 64.0 Å². The van der Waals surface area contributed by atoms with E-state index in [2.05, 4.69) is 27.3 Å². The fourth-order valence-corrected chi connectivity index (χ4v) is 3.78. The second-order valence-electron chi connectivity index (χ2n) is 7.75. The van der Waals surface area contributed by atoms with Crippen LogP contribution in [0.2, 0.25) is 0 Å². The molecule has 0 unspecified atom stereocenters. The summed E-state index contributed by atoms with van der Waals surface area (Å²) in [5.74, 6) is 2.54. The highest BCUT2D eigenvalue weighted by atomic mass is 16.2. The molecule has 1 N–H and O–H groups in total. The van der Waals surface area contributed by atoms with E-state index in [0.717, 1.165) is 50.1 Å². The first-order valence-electron chi connectivity index (χ1n) is 10.3. The van der Waals surface area contributed by atoms with Crippen LogP contribution in [0.1, 0.15) is 51.8 Å². The Morgan fingerprint density at radius 3 is 2.65 bits per heavy atom. The highest BCUT2D eigenvalue weighted by Gasteiger charge is 2.26.